The molecule has 1 aromatic carbocycles. The average Bonchev–Trinajstić information content (AvgIpc) is 2.82. The Bertz CT molecular complexity index is 1000. The Hall–Kier alpha value is -3.36. The number of carbonyl (C=O) groups is 4. The fourth-order valence-electron chi connectivity index (χ4n) is 4.15. The summed E-state index contributed by atoms with van der Waals surface area (Å²) in [5.41, 5.74) is 0.695. The van der Waals surface area contributed by atoms with Gasteiger partial charge < -0.3 is 25.8 Å². The van der Waals surface area contributed by atoms with Crippen LogP contribution in [0.25, 0.3) is 0 Å². The van der Waals surface area contributed by atoms with Crippen LogP contribution in [0.5, 0.6) is 5.75 Å². The number of ether oxygens (including phenoxy) is 1. The standard InChI is InChI=1S/C30H47N3O6/c1-9-39-27(35)14-13-22(15-18(2)3)31-29(37)24(16-19(4)5)33-30(38)25(17-20(6)7)32-28(36)23-11-10-12-26(34)21(23)8/h10-14,18-20,22,24-25,34H,9,15-17H2,1-8H3,(H,31,37)(H,32,36)(H,33,38)/b14-13+/t22-,24+,25+/m1/s1. The van der Waals surface area contributed by atoms with E-state index < -0.39 is 35.9 Å². The van der Waals surface area contributed by atoms with Crippen LogP contribution >= 0.6 is 0 Å². The van der Waals surface area contributed by atoms with Crippen LogP contribution in [0.1, 0.15) is 83.7 Å². The van der Waals surface area contributed by atoms with E-state index in [2.05, 4.69) is 16.0 Å². The van der Waals surface area contributed by atoms with Gasteiger partial charge in [0.25, 0.3) is 5.91 Å². The van der Waals surface area contributed by atoms with Crippen molar-refractivity contribution in [2.45, 2.75) is 92.8 Å². The van der Waals surface area contributed by atoms with E-state index in [4.69, 9.17) is 4.74 Å². The van der Waals surface area contributed by atoms with Crippen molar-refractivity contribution in [2.24, 2.45) is 17.8 Å². The van der Waals surface area contributed by atoms with E-state index in [0.29, 0.717) is 24.8 Å². The second-order valence-electron chi connectivity index (χ2n) is 11.2. The van der Waals surface area contributed by atoms with Crippen LogP contribution in [0.2, 0.25) is 0 Å². The molecule has 0 unspecified atom stereocenters. The highest BCUT2D eigenvalue weighted by molar-refractivity contribution is 5.99. The van der Waals surface area contributed by atoms with E-state index in [0.717, 1.165) is 0 Å². The minimum Gasteiger partial charge on any atom is -0.508 e. The van der Waals surface area contributed by atoms with E-state index in [1.54, 1.807) is 32.1 Å². The highest BCUT2D eigenvalue weighted by Crippen LogP contribution is 2.20. The van der Waals surface area contributed by atoms with Crippen molar-refractivity contribution < 1.29 is 29.0 Å². The molecule has 39 heavy (non-hydrogen) atoms. The number of phenolic OH excluding ortho intramolecular Hbond substituents is 1. The maximum Gasteiger partial charge on any atom is 0.330 e. The Balaban J connectivity index is 3.11. The zero-order valence-corrected chi connectivity index (χ0v) is 24.7. The third-order valence-electron chi connectivity index (χ3n) is 6.02. The van der Waals surface area contributed by atoms with Crippen molar-refractivity contribution in [1.82, 2.24) is 16.0 Å². The number of benzene rings is 1. The molecule has 0 radical (unpaired) electrons. The Morgan fingerprint density at radius 3 is 1.92 bits per heavy atom. The molecule has 0 aliphatic carbocycles. The van der Waals surface area contributed by atoms with Gasteiger partial charge >= 0.3 is 5.97 Å². The Morgan fingerprint density at radius 1 is 0.846 bits per heavy atom. The molecule has 1 rings (SSSR count). The molecule has 0 aliphatic heterocycles. The van der Waals surface area contributed by atoms with Crippen LogP contribution < -0.4 is 16.0 Å². The SMILES string of the molecule is CCOC(=O)/C=C/[C@H](CC(C)C)NC(=O)[C@H](CC(C)C)NC(=O)[C@H](CC(C)C)NC(=O)c1cccc(O)c1C. The smallest absolute Gasteiger partial charge is 0.330 e. The summed E-state index contributed by atoms with van der Waals surface area (Å²) < 4.78 is 4.95. The first-order valence-corrected chi connectivity index (χ1v) is 13.8. The molecule has 0 heterocycles. The monoisotopic (exact) mass is 545 g/mol. The number of nitrogens with one attached hydrogen (secondary N) is 3. The van der Waals surface area contributed by atoms with Crippen molar-refractivity contribution >= 4 is 23.7 Å². The molecule has 0 bridgehead atoms. The van der Waals surface area contributed by atoms with Crippen molar-refractivity contribution in [1.29, 1.82) is 0 Å². The van der Waals surface area contributed by atoms with Gasteiger partial charge in [0.05, 0.1) is 6.61 Å². The molecule has 0 spiro atoms. The first-order valence-electron chi connectivity index (χ1n) is 13.8. The Labute approximate surface area is 233 Å². The van der Waals surface area contributed by atoms with Crippen LogP contribution in [0.4, 0.5) is 0 Å². The molecule has 0 fully saturated rings. The van der Waals surface area contributed by atoms with Gasteiger partial charge in [-0.05, 0) is 63.0 Å². The van der Waals surface area contributed by atoms with E-state index >= 15 is 0 Å². The molecule has 3 atom stereocenters. The summed E-state index contributed by atoms with van der Waals surface area (Å²) >= 11 is 0. The second kappa shape index (κ2) is 16.6. The number of amides is 3. The normalized spacial score (nSPS) is 13.8. The summed E-state index contributed by atoms with van der Waals surface area (Å²) in [6, 6.07) is 2.51. The third-order valence-corrected chi connectivity index (χ3v) is 6.02. The first kappa shape index (κ1) is 33.7. The van der Waals surface area contributed by atoms with Gasteiger partial charge in [0.2, 0.25) is 11.8 Å². The molecule has 3 amide bonds. The molecule has 0 aromatic heterocycles. The van der Waals surface area contributed by atoms with Gasteiger partial charge in [0.1, 0.15) is 17.8 Å². The summed E-state index contributed by atoms with van der Waals surface area (Å²) in [7, 11) is 0. The van der Waals surface area contributed by atoms with Crippen molar-refractivity contribution in [3.63, 3.8) is 0 Å². The number of esters is 1. The molecule has 0 saturated carbocycles. The fourth-order valence-corrected chi connectivity index (χ4v) is 4.15. The first-order chi connectivity index (χ1) is 18.2. The van der Waals surface area contributed by atoms with Crippen LogP contribution in [-0.4, -0.2) is 53.5 Å². The number of rotatable bonds is 15. The lowest BCUT2D eigenvalue weighted by molar-refractivity contribution is -0.137. The highest BCUT2D eigenvalue weighted by Gasteiger charge is 2.29. The van der Waals surface area contributed by atoms with Gasteiger partial charge in [-0.2, -0.15) is 0 Å². The summed E-state index contributed by atoms with van der Waals surface area (Å²) in [6.45, 7) is 15.4. The summed E-state index contributed by atoms with van der Waals surface area (Å²) in [6.07, 6.45) is 4.28. The van der Waals surface area contributed by atoms with Crippen LogP contribution in [-0.2, 0) is 19.1 Å². The maximum absolute atomic E-state index is 13.4. The van der Waals surface area contributed by atoms with E-state index in [1.165, 1.54) is 12.1 Å². The van der Waals surface area contributed by atoms with Crippen molar-refractivity contribution in [2.75, 3.05) is 6.61 Å². The minimum absolute atomic E-state index is 0.00543. The largest absolute Gasteiger partial charge is 0.508 e. The molecule has 0 saturated heterocycles. The summed E-state index contributed by atoms with van der Waals surface area (Å²) in [4.78, 5) is 51.6. The quantitative estimate of drug-likeness (QED) is 0.194. The van der Waals surface area contributed by atoms with E-state index in [1.807, 2.05) is 41.5 Å². The predicted molar refractivity (Wildman–Crippen MR) is 152 cm³/mol. The zero-order valence-electron chi connectivity index (χ0n) is 24.7. The predicted octanol–water partition coefficient (Wildman–Crippen LogP) is 4.03. The summed E-state index contributed by atoms with van der Waals surface area (Å²) in [5.74, 6) is -1.36. The molecule has 4 N–H and O–H groups in total. The topological polar surface area (TPSA) is 134 Å². The molecule has 0 aliphatic rings. The number of aromatic hydroxyl groups is 1. The van der Waals surface area contributed by atoms with E-state index in [9.17, 15) is 24.3 Å². The molecular formula is C30H47N3O6. The minimum atomic E-state index is -0.878. The lowest BCUT2D eigenvalue weighted by atomic mass is 9.98. The van der Waals surface area contributed by atoms with Gasteiger partial charge in [-0.25, -0.2) is 4.79 Å². The Morgan fingerprint density at radius 2 is 1.38 bits per heavy atom. The fraction of sp³-hybridized carbons (Fsp3) is 0.600. The van der Waals surface area contributed by atoms with Crippen molar-refractivity contribution in [3.8, 4) is 5.75 Å². The lowest BCUT2D eigenvalue weighted by Gasteiger charge is -2.27. The molecule has 9 nitrogen and oxygen atoms in total. The highest BCUT2D eigenvalue weighted by atomic mass is 16.5. The number of hydrogen-bond donors (Lipinski definition) is 4. The summed E-state index contributed by atoms with van der Waals surface area (Å²) in [5, 5.41) is 18.6. The van der Waals surface area contributed by atoms with Crippen molar-refractivity contribution in [3.05, 3.63) is 41.5 Å². The van der Waals surface area contributed by atoms with Gasteiger partial charge in [-0.1, -0.05) is 53.7 Å². The average molecular weight is 546 g/mol. The van der Waals surface area contributed by atoms with Crippen LogP contribution in [0.15, 0.2) is 30.4 Å². The maximum atomic E-state index is 13.4. The van der Waals surface area contributed by atoms with E-state index in [-0.39, 0.29) is 41.6 Å². The third kappa shape index (κ3) is 12.4. The van der Waals surface area contributed by atoms with Crippen LogP contribution in [0, 0.1) is 24.7 Å². The molecule has 1 aromatic rings. The molecule has 218 valence electrons. The molecule has 9 heteroatoms. The van der Waals surface area contributed by atoms with Gasteiger partial charge in [0.15, 0.2) is 0 Å². The molecular weight excluding hydrogens is 498 g/mol. The number of hydrogen-bond acceptors (Lipinski definition) is 6. The number of carbonyl (C=O) groups excluding carboxylic acids is 4. The van der Waals surface area contributed by atoms with Gasteiger partial charge in [-0.3, -0.25) is 14.4 Å². The zero-order chi connectivity index (χ0) is 29.7. The van der Waals surface area contributed by atoms with Gasteiger partial charge in [-0.15, -0.1) is 0 Å². The van der Waals surface area contributed by atoms with Crippen LogP contribution in [0.3, 0.4) is 0 Å². The Kier molecular flexibility index (Phi) is 14.3. The second-order valence-corrected chi connectivity index (χ2v) is 11.2. The van der Waals surface area contributed by atoms with Gasteiger partial charge in [0, 0.05) is 23.2 Å². The number of phenols is 1. The lowest BCUT2D eigenvalue weighted by Crippen LogP contribution is -2.55.